The maximum Gasteiger partial charge on any atom is 0.269 e. The van der Waals surface area contributed by atoms with Crippen molar-refractivity contribution in [2.75, 3.05) is 26.8 Å². The van der Waals surface area contributed by atoms with Gasteiger partial charge in [-0.1, -0.05) is 29.8 Å². The molecular formula is C18H20ClFN2O3. The molecule has 0 aliphatic rings. The zero-order valence-electron chi connectivity index (χ0n) is 14.0. The van der Waals surface area contributed by atoms with Crippen LogP contribution in [0.3, 0.4) is 0 Å². The van der Waals surface area contributed by atoms with E-state index in [0.29, 0.717) is 24.7 Å². The highest BCUT2D eigenvalue weighted by Crippen LogP contribution is 2.19. The molecule has 0 fully saturated rings. The number of benzene rings is 2. The molecule has 2 aromatic carbocycles. The molecule has 2 aromatic rings. The van der Waals surface area contributed by atoms with E-state index in [1.807, 2.05) is 0 Å². The Balaban J connectivity index is 2.00. The first-order valence-corrected chi connectivity index (χ1v) is 8.26. The Kier molecular flexibility index (Phi) is 7.31. The SMILES string of the molecule is COCCN(CCc1ccc([N+](=O)[O-])cc1)Cc1ccc(F)cc1Cl. The lowest BCUT2D eigenvalue weighted by Gasteiger charge is -2.22. The van der Waals surface area contributed by atoms with E-state index >= 15 is 0 Å². The number of methoxy groups -OCH3 is 1. The van der Waals surface area contributed by atoms with Crippen LogP contribution >= 0.6 is 11.6 Å². The Bertz CT molecular complexity index is 710. The summed E-state index contributed by atoms with van der Waals surface area (Å²) in [6.45, 7) is 2.58. The second-order valence-corrected chi connectivity index (χ2v) is 6.09. The summed E-state index contributed by atoms with van der Waals surface area (Å²) in [5.41, 5.74) is 1.94. The van der Waals surface area contributed by atoms with Crippen LogP contribution in [0.1, 0.15) is 11.1 Å². The number of nitrogens with zero attached hydrogens (tertiary/aromatic N) is 2. The summed E-state index contributed by atoms with van der Waals surface area (Å²) < 4.78 is 18.3. The van der Waals surface area contributed by atoms with Crippen molar-refractivity contribution in [3.05, 3.63) is 74.5 Å². The Labute approximate surface area is 151 Å². The highest BCUT2D eigenvalue weighted by atomic mass is 35.5. The van der Waals surface area contributed by atoms with Gasteiger partial charge in [-0.05, 0) is 29.7 Å². The number of nitro groups is 1. The predicted octanol–water partition coefficient (Wildman–Crippen LogP) is 4.08. The first-order valence-electron chi connectivity index (χ1n) is 7.88. The minimum Gasteiger partial charge on any atom is -0.383 e. The number of hydrogen-bond acceptors (Lipinski definition) is 4. The summed E-state index contributed by atoms with van der Waals surface area (Å²) in [5.74, 6) is -0.358. The van der Waals surface area contributed by atoms with Gasteiger partial charge < -0.3 is 4.74 Å². The van der Waals surface area contributed by atoms with Crippen LogP contribution in [0.25, 0.3) is 0 Å². The fourth-order valence-electron chi connectivity index (χ4n) is 2.45. The molecule has 134 valence electrons. The Morgan fingerprint density at radius 3 is 2.52 bits per heavy atom. The number of halogens is 2. The first kappa shape index (κ1) is 19.3. The van der Waals surface area contributed by atoms with Gasteiger partial charge in [-0.25, -0.2) is 4.39 Å². The number of ether oxygens (including phenoxy) is 1. The van der Waals surface area contributed by atoms with E-state index in [1.54, 1.807) is 25.3 Å². The average molecular weight is 367 g/mol. The van der Waals surface area contributed by atoms with Crippen LogP contribution in [0.15, 0.2) is 42.5 Å². The van der Waals surface area contributed by atoms with Crippen molar-refractivity contribution < 1.29 is 14.1 Å². The Hall–Kier alpha value is -2.02. The van der Waals surface area contributed by atoms with Gasteiger partial charge in [-0.15, -0.1) is 0 Å². The van der Waals surface area contributed by atoms with Gasteiger partial charge in [-0.2, -0.15) is 0 Å². The fraction of sp³-hybridized carbons (Fsp3) is 0.333. The van der Waals surface area contributed by atoms with Crippen LogP contribution in [0.5, 0.6) is 0 Å². The summed E-state index contributed by atoms with van der Waals surface area (Å²) in [6, 6.07) is 10.9. The lowest BCUT2D eigenvalue weighted by Crippen LogP contribution is -2.29. The monoisotopic (exact) mass is 366 g/mol. The van der Waals surface area contributed by atoms with Crippen molar-refractivity contribution in [3.8, 4) is 0 Å². The van der Waals surface area contributed by atoms with E-state index in [9.17, 15) is 14.5 Å². The molecule has 0 spiro atoms. The second kappa shape index (κ2) is 9.46. The molecule has 0 aliphatic carbocycles. The standard InChI is InChI=1S/C18H20ClFN2O3/c1-25-11-10-21(13-15-4-5-16(20)12-18(15)19)9-8-14-2-6-17(7-3-14)22(23)24/h2-7,12H,8-11,13H2,1H3. The average Bonchev–Trinajstić information content (AvgIpc) is 2.59. The molecule has 0 radical (unpaired) electrons. The lowest BCUT2D eigenvalue weighted by atomic mass is 10.1. The van der Waals surface area contributed by atoms with Gasteiger partial charge in [-0.3, -0.25) is 15.0 Å². The number of rotatable bonds is 9. The van der Waals surface area contributed by atoms with Crippen molar-refractivity contribution in [1.29, 1.82) is 0 Å². The molecule has 2 rings (SSSR count). The minimum absolute atomic E-state index is 0.0816. The van der Waals surface area contributed by atoms with E-state index in [0.717, 1.165) is 24.1 Å². The molecule has 7 heteroatoms. The summed E-state index contributed by atoms with van der Waals surface area (Å²) >= 11 is 6.11. The lowest BCUT2D eigenvalue weighted by molar-refractivity contribution is -0.384. The molecule has 0 aromatic heterocycles. The minimum atomic E-state index is -0.412. The summed E-state index contributed by atoms with van der Waals surface area (Å²) in [4.78, 5) is 12.4. The topological polar surface area (TPSA) is 55.6 Å². The van der Waals surface area contributed by atoms with Gasteiger partial charge in [0.2, 0.25) is 0 Å². The first-order chi connectivity index (χ1) is 12.0. The zero-order valence-corrected chi connectivity index (χ0v) is 14.7. The van der Waals surface area contributed by atoms with Crippen molar-refractivity contribution in [2.45, 2.75) is 13.0 Å². The van der Waals surface area contributed by atoms with Crippen LogP contribution in [-0.2, 0) is 17.7 Å². The van der Waals surface area contributed by atoms with E-state index in [-0.39, 0.29) is 11.5 Å². The second-order valence-electron chi connectivity index (χ2n) is 5.68. The molecular weight excluding hydrogens is 347 g/mol. The van der Waals surface area contributed by atoms with Gasteiger partial charge in [0.25, 0.3) is 5.69 Å². The smallest absolute Gasteiger partial charge is 0.269 e. The largest absolute Gasteiger partial charge is 0.383 e. The third-order valence-electron chi connectivity index (χ3n) is 3.88. The molecule has 0 amide bonds. The van der Waals surface area contributed by atoms with Crippen molar-refractivity contribution in [2.24, 2.45) is 0 Å². The predicted molar refractivity (Wildman–Crippen MR) is 95.4 cm³/mol. The van der Waals surface area contributed by atoms with Gasteiger partial charge >= 0.3 is 0 Å². The van der Waals surface area contributed by atoms with E-state index < -0.39 is 4.92 Å². The maximum absolute atomic E-state index is 13.2. The van der Waals surface area contributed by atoms with E-state index in [2.05, 4.69) is 4.90 Å². The molecule has 0 atom stereocenters. The maximum atomic E-state index is 13.2. The van der Waals surface area contributed by atoms with Gasteiger partial charge in [0.1, 0.15) is 5.82 Å². The molecule has 5 nitrogen and oxygen atoms in total. The summed E-state index contributed by atoms with van der Waals surface area (Å²) in [5, 5.41) is 11.1. The summed E-state index contributed by atoms with van der Waals surface area (Å²) in [6.07, 6.45) is 0.737. The van der Waals surface area contributed by atoms with Gasteiger partial charge in [0.05, 0.1) is 11.5 Å². The molecule has 0 bridgehead atoms. The zero-order chi connectivity index (χ0) is 18.2. The third-order valence-corrected chi connectivity index (χ3v) is 4.24. The van der Waals surface area contributed by atoms with Crippen LogP contribution in [0, 0.1) is 15.9 Å². The highest BCUT2D eigenvalue weighted by molar-refractivity contribution is 6.31. The molecule has 0 saturated carbocycles. The molecule has 25 heavy (non-hydrogen) atoms. The molecule has 0 saturated heterocycles. The van der Waals surface area contributed by atoms with Crippen molar-refractivity contribution in [1.82, 2.24) is 4.90 Å². The molecule has 0 unspecified atom stereocenters. The van der Waals surface area contributed by atoms with Crippen LogP contribution in [0.2, 0.25) is 5.02 Å². The number of nitro benzene ring substituents is 1. The quantitative estimate of drug-likeness (QED) is 0.495. The van der Waals surface area contributed by atoms with Crippen LogP contribution < -0.4 is 0 Å². The summed E-state index contributed by atoms with van der Waals surface area (Å²) in [7, 11) is 1.64. The van der Waals surface area contributed by atoms with Crippen molar-refractivity contribution in [3.63, 3.8) is 0 Å². The van der Waals surface area contributed by atoms with Gasteiger partial charge in [0, 0.05) is 43.9 Å². The van der Waals surface area contributed by atoms with Gasteiger partial charge in [0.15, 0.2) is 0 Å². The fourth-order valence-corrected chi connectivity index (χ4v) is 2.68. The molecule has 0 N–H and O–H groups in total. The molecule has 0 aliphatic heterocycles. The highest BCUT2D eigenvalue weighted by Gasteiger charge is 2.11. The number of hydrogen-bond donors (Lipinski definition) is 0. The van der Waals surface area contributed by atoms with Crippen LogP contribution in [-0.4, -0.2) is 36.6 Å². The Morgan fingerprint density at radius 1 is 1.20 bits per heavy atom. The normalized spacial score (nSPS) is 11.0. The van der Waals surface area contributed by atoms with E-state index in [1.165, 1.54) is 24.3 Å². The molecule has 0 heterocycles. The number of non-ortho nitro benzene ring substituents is 1. The van der Waals surface area contributed by atoms with Crippen LogP contribution in [0.4, 0.5) is 10.1 Å². The van der Waals surface area contributed by atoms with Crippen molar-refractivity contribution >= 4 is 17.3 Å². The third kappa shape index (κ3) is 6.08. The van der Waals surface area contributed by atoms with E-state index in [4.69, 9.17) is 16.3 Å². The Morgan fingerprint density at radius 2 is 1.92 bits per heavy atom.